The fourth-order valence-corrected chi connectivity index (χ4v) is 7.87. The van der Waals surface area contributed by atoms with Crippen LogP contribution < -0.4 is 0 Å². The number of carbonyl (C=O) groups is 2. The highest BCUT2D eigenvalue weighted by Gasteiger charge is 2.67. The molecule has 0 radical (unpaired) electrons. The van der Waals surface area contributed by atoms with Crippen LogP contribution in [0.4, 0.5) is 0 Å². The standard InChI is InChI=1S/C21H30O3/c1-13-15(12-22)14-5-6-17-19(2)8-4-9-20(3,18(23)24)16(19)7-10-21(13,17)11-14/h12,14-17H,1,4-11H2,2-3H3,(H,23,24). The SMILES string of the molecule is C=C1C(C=O)C2CCC3C1(CCC1C(C)(C(=O)O)CCCC13C)C2. The number of carbonyl (C=O) groups excluding carboxylic acids is 1. The van der Waals surface area contributed by atoms with Crippen LogP contribution in [-0.4, -0.2) is 17.4 Å². The van der Waals surface area contributed by atoms with E-state index in [9.17, 15) is 14.7 Å². The highest BCUT2D eigenvalue weighted by atomic mass is 16.4. The van der Waals surface area contributed by atoms with Crippen molar-refractivity contribution in [3.63, 3.8) is 0 Å². The zero-order valence-corrected chi connectivity index (χ0v) is 15.0. The second-order valence-corrected chi connectivity index (χ2v) is 9.61. The largest absolute Gasteiger partial charge is 0.481 e. The number of rotatable bonds is 2. The molecule has 0 aromatic carbocycles. The summed E-state index contributed by atoms with van der Waals surface area (Å²) in [6, 6.07) is 0. The Balaban J connectivity index is 1.77. The van der Waals surface area contributed by atoms with Gasteiger partial charge in [0.05, 0.1) is 5.41 Å². The van der Waals surface area contributed by atoms with Gasteiger partial charge in [-0.1, -0.05) is 25.5 Å². The van der Waals surface area contributed by atoms with Gasteiger partial charge in [0, 0.05) is 5.92 Å². The van der Waals surface area contributed by atoms with Gasteiger partial charge in [-0.25, -0.2) is 0 Å². The van der Waals surface area contributed by atoms with E-state index in [0.29, 0.717) is 11.8 Å². The fraction of sp³-hybridized carbons (Fsp3) is 0.810. The van der Waals surface area contributed by atoms with Crippen LogP contribution in [0.3, 0.4) is 0 Å². The first-order valence-corrected chi connectivity index (χ1v) is 9.67. The van der Waals surface area contributed by atoms with E-state index < -0.39 is 11.4 Å². The average Bonchev–Trinajstić information content (AvgIpc) is 2.73. The van der Waals surface area contributed by atoms with E-state index in [0.717, 1.165) is 57.7 Å². The number of aliphatic carboxylic acids is 1. The number of hydrogen-bond donors (Lipinski definition) is 1. The van der Waals surface area contributed by atoms with Crippen molar-refractivity contribution >= 4 is 12.3 Å². The van der Waals surface area contributed by atoms with Crippen LogP contribution in [0.2, 0.25) is 0 Å². The Morgan fingerprint density at radius 1 is 1.17 bits per heavy atom. The van der Waals surface area contributed by atoms with Crippen molar-refractivity contribution in [1.29, 1.82) is 0 Å². The van der Waals surface area contributed by atoms with Crippen LogP contribution in [0.5, 0.6) is 0 Å². The van der Waals surface area contributed by atoms with E-state index in [1.54, 1.807) is 0 Å². The van der Waals surface area contributed by atoms with Gasteiger partial charge in [0.1, 0.15) is 6.29 Å². The molecule has 3 nitrogen and oxygen atoms in total. The second-order valence-electron chi connectivity index (χ2n) is 9.61. The molecule has 24 heavy (non-hydrogen) atoms. The molecule has 4 rings (SSSR count). The van der Waals surface area contributed by atoms with Gasteiger partial charge in [-0.2, -0.15) is 0 Å². The lowest BCUT2D eigenvalue weighted by molar-refractivity contribution is -0.177. The van der Waals surface area contributed by atoms with Crippen molar-refractivity contribution in [2.24, 2.45) is 39.9 Å². The molecule has 4 aliphatic rings. The maximum atomic E-state index is 12.1. The van der Waals surface area contributed by atoms with Gasteiger partial charge in [-0.3, -0.25) is 4.79 Å². The minimum absolute atomic E-state index is 0.0459. The number of allylic oxidation sites excluding steroid dienone is 1. The molecule has 1 spiro atoms. The minimum atomic E-state index is -0.612. The molecule has 4 aliphatic carbocycles. The topological polar surface area (TPSA) is 54.4 Å². The number of aldehydes is 1. The maximum absolute atomic E-state index is 12.1. The molecule has 4 fully saturated rings. The van der Waals surface area contributed by atoms with Crippen molar-refractivity contribution in [2.75, 3.05) is 0 Å². The van der Waals surface area contributed by atoms with E-state index in [2.05, 4.69) is 13.5 Å². The predicted molar refractivity (Wildman–Crippen MR) is 92.4 cm³/mol. The zero-order valence-electron chi connectivity index (χ0n) is 15.0. The molecule has 1 N–H and O–H groups in total. The molecule has 0 amide bonds. The molecule has 3 heteroatoms. The van der Waals surface area contributed by atoms with Gasteiger partial charge in [0.25, 0.3) is 0 Å². The summed E-state index contributed by atoms with van der Waals surface area (Å²) in [7, 11) is 0. The lowest BCUT2D eigenvalue weighted by Crippen LogP contribution is -2.58. The molecule has 0 aromatic heterocycles. The number of fused-ring (bicyclic) bond motifs is 3. The Hall–Kier alpha value is -1.12. The summed E-state index contributed by atoms with van der Waals surface area (Å²) in [6.45, 7) is 8.77. The van der Waals surface area contributed by atoms with Gasteiger partial charge < -0.3 is 9.90 Å². The van der Waals surface area contributed by atoms with E-state index >= 15 is 0 Å². The molecule has 0 saturated heterocycles. The highest BCUT2D eigenvalue weighted by Crippen LogP contribution is 2.73. The first kappa shape index (κ1) is 16.4. The quantitative estimate of drug-likeness (QED) is 0.600. The van der Waals surface area contributed by atoms with Crippen LogP contribution >= 0.6 is 0 Å². The van der Waals surface area contributed by atoms with Crippen molar-refractivity contribution in [2.45, 2.75) is 65.2 Å². The fourth-order valence-electron chi connectivity index (χ4n) is 7.87. The Labute approximate surface area is 144 Å². The Bertz CT molecular complexity index is 610. The van der Waals surface area contributed by atoms with Crippen LogP contribution in [0.1, 0.15) is 65.2 Å². The van der Waals surface area contributed by atoms with Crippen LogP contribution in [0.15, 0.2) is 12.2 Å². The van der Waals surface area contributed by atoms with Crippen LogP contribution in [-0.2, 0) is 9.59 Å². The molecular weight excluding hydrogens is 300 g/mol. The summed E-state index contributed by atoms with van der Waals surface area (Å²) in [6.07, 6.45) is 9.49. The van der Waals surface area contributed by atoms with Crippen LogP contribution in [0.25, 0.3) is 0 Å². The molecule has 7 unspecified atom stereocenters. The molecule has 7 atom stereocenters. The summed E-state index contributed by atoms with van der Waals surface area (Å²) in [5, 5.41) is 9.94. The Morgan fingerprint density at radius 3 is 2.58 bits per heavy atom. The molecule has 0 heterocycles. The maximum Gasteiger partial charge on any atom is 0.309 e. The zero-order chi connectivity index (χ0) is 17.3. The molecule has 132 valence electrons. The van der Waals surface area contributed by atoms with Gasteiger partial charge in [0.2, 0.25) is 0 Å². The molecular formula is C21H30O3. The number of carboxylic acid groups (broad SMARTS) is 1. The predicted octanol–water partition coefficient (Wildman–Crippen LogP) is 4.47. The van der Waals surface area contributed by atoms with Crippen molar-refractivity contribution in [3.8, 4) is 0 Å². The lowest BCUT2D eigenvalue weighted by Gasteiger charge is -2.63. The monoisotopic (exact) mass is 330 g/mol. The first-order chi connectivity index (χ1) is 11.3. The van der Waals surface area contributed by atoms with E-state index in [4.69, 9.17) is 0 Å². The molecule has 0 aliphatic heterocycles. The van der Waals surface area contributed by atoms with Gasteiger partial charge in [-0.15, -0.1) is 0 Å². The third-order valence-electron chi connectivity index (χ3n) is 8.96. The smallest absolute Gasteiger partial charge is 0.309 e. The summed E-state index contributed by atoms with van der Waals surface area (Å²) < 4.78 is 0. The van der Waals surface area contributed by atoms with Gasteiger partial charge >= 0.3 is 5.97 Å². The van der Waals surface area contributed by atoms with Crippen LogP contribution in [0, 0.1) is 39.9 Å². The van der Waals surface area contributed by atoms with Gasteiger partial charge in [0.15, 0.2) is 0 Å². The third kappa shape index (κ3) is 1.74. The molecule has 2 bridgehead atoms. The van der Waals surface area contributed by atoms with Crippen molar-refractivity contribution < 1.29 is 14.7 Å². The van der Waals surface area contributed by atoms with E-state index in [-0.39, 0.29) is 22.7 Å². The third-order valence-corrected chi connectivity index (χ3v) is 8.96. The Kier molecular flexibility index (Phi) is 3.38. The van der Waals surface area contributed by atoms with Gasteiger partial charge in [-0.05, 0) is 80.5 Å². The molecule has 4 saturated carbocycles. The first-order valence-electron chi connectivity index (χ1n) is 9.67. The number of carboxylic acids is 1. The molecule has 0 aromatic rings. The lowest BCUT2D eigenvalue weighted by atomic mass is 9.40. The Morgan fingerprint density at radius 2 is 1.92 bits per heavy atom. The summed E-state index contributed by atoms with van der Waals surface area (Å²) in [5.41, 5.74) is 0.786. The number of hydrogen-bond acceptors (Lipinski definition) is 2. The second kappa shape index (κ2) is 4.95. The van der Waals surface area contributed by atoms with E-state index in [1.165, 1.54) is 5.57 Å². The highest BCUT2D eigenvalue weighted by molar-refractivity contribution is 5.75. The summed E-state index contributed by atoms with van der Waals surface area (Å²) in [5.74, 6) is 0.687. The minimum Gasteiger partial charge on any atom is -0.481 e. The van der Waals surface area contributed by atoms with Crippen molar-refractivity contribution in [3.05, 3.63) is 12.2 Å². The summed E-state index contributed by atoms with van der Waals surface area (Å²) >= 11 is 0. The average molecular weight is 330 g/mol. The summed E-state index contributed by atoms with van der Waals surface area (Å²) in [4.78, 5) is 23.7. The van der Waals surface area contributed by atoms with Crippen molar-refractivity contribution in [1.82, 2.24) is 0 Å². The normalized spacial score (nSPS) is 53.2. The van der Waals surface area contributed by atoms with E-state index in [1.807, 2.05) is 6.92 Å².